The first-order valence-electron chi connectivity index (χ1n) is 8.03. The van der Waals surface area contributed by atoms with Crippen LogP contribution in [0, 0.1) is 5.92 Å². The van der Waals surface area contributed by atoms with E-state index in [9.17, 15) is 9.59 Å². The third kappa shape index (κ3) is 7.46. The number of esters is 1. The Morgan fingerprint density at radius 2 is 1.95 bits per heavy atom. The Kier molecular flexibility index (Phi) is 7.15. The zero-order valence-corrected chi connectivity index (χ0v) is 13.8. The summed E-state index contributed by atoms with van der Waals surface area (Å²) < 4.78 is 5.10. The van der Waals surface area contributed by atoms with Crippen molar-refractivity contribution in [1.29, 1.82) is 0 Å². The number of carbonyl (C=O) groups excluding carboxylic acids is 2. The van der Waals surface area contributed by atoms with Crippen LogP contribution in [0.3, 0.4) is 0 Å². The average Bonchev–Trinajstić information content (AvgIpc) is 2.37. The van der Waals surface area contributed by atoms with Gasteiger partial charge in [0, 0.05) is 24.5 Å². The second-order valence-electron chi connectivity index (χ2n) is 6.81. The van der Waals surface area contributed by atoms with Crippen LogP contribution >= 0.6 is 0 Å². The topological polar surface area (TPSA) is 67.4 Å². The van der Waals surface area contributed by atoms with Crippen LogP contribution in [0.25, 0.3) is 0 Å². The number of hydrogen-bond acceptors (Lipinski definition) is 4. The fourth-order valence-corrected chi connectivity index (χ4v) is 2.72. The smallest absolute Gasteiger partial charge is 0.308 e. The van der Waals surface area contributed by atoms with E-state index in [2.05, 4.69) is 10.6 Å². The largest absolute Gasteiger partial charge is 0.466 e. The van der Waals surface area contributed by atoms with Crippen molar-refractivity contribution < 1.29 is 14.3 Å². The van der Waals surface area contributed by atoms with E-state index >= 15 is 0 Å². The Morgan fingerprint density at radius 1 is 1.24 bits per heavy atom. The van der Waals surface area contributed by atoms with E-state index in [1.54, 1.807) is 0 Å². The number of carbonyl (C=O) groups is 2. The van der Waals surface area contributed by atoms with E-state index in [-0.39, 0.29) is 23.3 Å². The Labute approximate surface area is 128 Å². The number of amides is 1. The van der Waals surface area contributed by atoms with Crippen molar-refractivity contribution in [2.45, 2.75) is 71.4 Å². The molecule has 1 fully saturated rings. The molecule has 1 aliphatic carbocycles. The summed E-state index contributed by atoms with van der Waals surface area (Å²) >= 11 is 0. The molecule has 0 radical (unpaired) electrons. The van der Waals surface area contributed by atoms with Gasteiger partial charge in [0.1, 0.15) is 0 Å². The lowest BCUT2D eigenvalue weighted by atomic mass is 9.85. The molecule has 0 bridgehead atoms. The van der Waals surface area contributed by atoms with Crippen molar-refractivity contribution in [2.24, 2.45) is 5.92 Å². The van der Waals surface area contributed by atoms with Crippen molar-refractivity contribution in [3.8, 4) is 0 Å². The maximum Gasteiger partial charge on any atom is 0.308 e. The van der Waals surface area contributed by atoms with Gasteiger partial charge in [-0.1, -0.05) is 6.42 Å². The van der Waals surface area contributed by atoms with E-state index in [1.165, 1.54) is 0 Å². The molecular weight excluding hydrogens is 268 g/mol. The minimum atomic E-state index is -0.184. The van der Waals surface area contributed by atoms with Crippen LogP contribution in [-0.4, -0.2) is 36.6 Å². The molecule has 122 valence electrons. The van der Waals surface area contributed by atoms with Crippen molar-refractivity contribution >= 4 is 11.9 Å². The second-order valence-corrected chi connectivity index (χ2v) is 6.81. The summed E-state index contributed by atoms with van der Waals surface area (Å²) in [6, 6.07) is 0.315. The van der Waals surface area contributed by atoms with E-state index < -0.39 is 0 Å². The van der Waals surface area contributed by atoms with Gasteiger partial charge >= 0.3 is 5.97 Å². The number of ether oxygens (including phenoxy) is 1. The molecule has 0 aromatic heterocycles. The molecule has 5 heteroatoms. The highest BCUT2D eigenvalue weighted by molar-refractivity contribution is 5.76. The van der Waals surface area contributed by atoms with E-state index in [1.807, 2.05) is 27.7 Å². The molecule has 1 saturated carbocycles. The summed E-state index contributed by atoms with van der Waals surface area (Å²) in [7, 11) is 0. The van der Waals surface area contributed by atoms with Crippen LogP contribution in [-0.2, 0) is 14.3 Å². The van der Waals surface area contributed by atoms with E-state index in [0.717, 1.165) is 25.7 Å². The SMILES string of the molecule is CCOC(=O)C1CCCC(NCCC(=O)NC(C)(C)C)C1. The van der Waals surface area contributed by atoms with Gasteiger partial charge in [0.05, 0.1) is 12.5 Å². The van der Waals surface area contributed by atoms with Gasteiger partial charge in [-0.05, 0) is 47.0 Å². The van der Waals surface area contributed by atoms with Gasteiger partial charge in [-0.3, -0.25) is 9.59 Å². The molecular formula is C16H30N2O3. The monoisotopic (exact) mass is 298 g/mol. The van der Waals surface area contributed by atoms with E-state index in [0.29, 0.717) is 25.6 Å². The molecule has 1 rings (SSSR count). The van der Waals surface area contributed by atoms with Gasteiger partial charge in [-0.15, -0.1) is 0 Å². The van der Waals surface area contributed by atoms with Crippen LogP contribution in [0.2, 0.25) is 0 Å². The second kappa shape index (κ2) is 8.37. The number of hydrogen-bond donors (Lipinski definition) is 2. The molecule has 0 heterocycles. The van der Waals surface area contributed by atoms with Crippen molar-refractivity contribution in [1.82, 2.24) is 10.6 Å². The summed E-state index contributed by atoms with van der Waals surface area (Å²) in [6.45, 7) is 8.86. The van der Waals surface area contributed by atoms with Crippen LogP contribution < -0.4 is 10.6 Å². The Balaban J connectivity index is 2.26. The van der Waals surface area contributed by atoms with Crippen LogP contribution in [0.1, 0.15) is 59.8 Å². The molecule has 0 aromatic rings. The molecule has 0 aliphatic heterocycles. The summed E-state index contributed by atoms with van der Waals surface area (Å²) in [5.74, 6) is 0.00169. The summed E-state index contributed by atoms with van der Waals surface area (Å²) in [5, 5.41) is 6.34. The van der Waals surface area contributed by atoms with Crippen LogP contribution in [0.5, 0.6) is 0 Å². The fourth-order valence-electron chi connectivity index (χ4n) is 2.72. The van der Waals surface area contributed by atoms with Crippen molar-refractivity contribution in [2.75, 3.05) is 13.2 Å². The lowest BCUT2D eigenvalue weighted by Crippen LogP contribution is -2.43. The zero-order valence-electron chi connectivity index (χ0n) is 13.8. The van der Waals surface area contributed by atoms with E-state index in [4.69, 9.17) is 4.74 Å². The first kappa shape index (κ1) is 18.0. The lowest BCUT2D eigenvalue weighted by Gasteiger charge is -2.28. The highest BCUT2D eigenvalue weighted by Crippen LogP contribution is 2.25. The maximum atomic E-state index is 11.8. The van der Waals surface area contributed by atoms with Crippen LogP contribution in [0.4, 0.5) is 0 Å². The predicted octanol–water partition coefficient (Wildman–Crippen LogP) is 2.00. The summed E-state index contributed by atoms with van der Waals surface area (Å²) in [4.78, 5) is 23.5. The third-order valence-electron chi connectivity index (χ3n) is 3.59. The minimum absolute atomic E-state index is 0.0135. The molecule has 0 saturated heterocycles. The molecule has 5 nitrogen and oxygen atoms in total. The first-order chi connectivity index (χ1) is 9.81. The van der Waals surface area contributed by atoms with Gasteiger partial charge in [0.25, 0.3) is 0 Å². The standard InChI is InChI=1S/C16H30N2O3/c1-5-21-15(20)12-7-6-8-13(11-12)17-10-9-14(19)18-16(2,3)4/h12-13,17H,5-11H2,1-4H3,(H,18,19). The molecule has 1 aliphatic rings. The Morgan fingerprint density at radius 3 is 2.57 bits per heavy atom. The third-order valence-corrected chi connectivity index (χ3v) is 3.59. The summed E-state index contributed by atoms with van der Waals surface area (Å²) in [5.41, 5.74) is -0.184. The quantitative estimate of drug-likeness (QED) is 0.736. The molecule has 2 atom stereocenters. The Hall–Kier alpha value is -1.10. The molecule has 2 unspecified atom stereocenters. The van der Waals surface area contributed by atoms with Gasteiger partial charge in [0.2, 0.25) is 5.91 Å². The van der Waals surface area contributed by atoms with Gasteiger partial charge in [0.15, 0.2) is 0 Å². The zero-order chi connectivity index (χ0) is 15.9. The van der Waals surface area contributed by atoms with Crippen LogP contribution in [0.15, 0.2) is 0 Å². The first-order valence-corrected chi connectivity index (χ1v) is 8.03. The molecule has 21 heavy (non-hydrogen) atoms. The molecule has 2 N–H and O–H groups in total. The predicted molar refractivity (Wildman–Crippen MR) is 82.9 cm³/mol. The van der Waals surface area contributed by atoms with Gasteiger partial charge in [-0.25, -0.2) is 0 Å². The Bertz CT molecular complexity index is 350. The highest BCUT2D eigenvalue weighted by Gasteiger charge is 2.27. The average molecular weight is 298 g/mol. The van der Waals surface area contributed by atoms with Crippen molar-refractivity contribution in [3.05, 3.63) is 0 Å². The van der Waals surface area contributed by atoms with Crippen molar-refractivity contribution in [3.63, 3.8) is 0 Å². The summed E-state index contributed by atoms with van der Waals surface area (Å²) in [6.07, 6.45) is 4.31. The van der Waals surface area contributed by atoms with Gasteiger partial charge < -0.3 is 15.4 Å². The number of nitrogens with one attached hydrogen (secondary N) is 2. The van der Waals surface area contributed by atoms with Gasteiger partial charge in [-0.2, -0.15) is 0 Å². The fraction of sp³-hybridized carbons (Fsp3) is 0.875. The normalized spacial score (nSPS) is 22.7. The lowest BCUT2D eigenvalue weighted by molar-refractivity contribution is -0.149. The molecule has 0 spiro atoms. The molecule has 1 amide bonds. The highest BCUT2D eigenvalue weighted by atomic mass is 16.5. The minimum Gasteiger partial charge on any atom is -0.466 e. The molecule has 0 aromatic carbocycles. The number of rotatable bonds is 6. The maximum absolute atomic E-state index is 11.8.